The van der Waals surface area contributed by atoms with Crippen LogP contribution < -0.4 is 10.2 Å². The molecule has 9 heteroatoms. The van der Waals surface area contributed by atoms with Gasteiger partial charge in [0, 0.05) is 41.9 Å². The van der Waals surface area contributed by atoms with Crippen LogP contribution in [-0.4, -0.2) is 54.2 Å². The van der Waals surface area contributed by atoms with Crippen LogP contribution in [0.15, 0.2) is 82.2 Å². The number of carbonyl (C=O) groups is 1. The first kappa shape index (κ1) is 23.1. The van der Waals surface area contributed by atoms with Crippen LogP contribution in [0, 0.1) is 5.82 Å². The highest BCUT2D eigenvalue weighted by molar-refractivity contribution is 6.16. The highest BCUT2D eigenvalue weighted by Crippen LogP contribution is 2.32. The van der Waals surface area contributed by atoms with Gasteiger partial charge in [0.1, 0.15) is 5.82 Å². The molecule has 2 aliphatic heterocycles. The summed E-state index contributed by atoms with van der Waals surface area (Å²) in [5.41, 5.74) is 3.99. The Morgan fingerprint density at radius 2 is 1.65 bits per heavy atom. The van der Waals surface area contributed by atoms with E-state index in [1.807, 2.05) is 54.6 Å². The molecule has 0 bridgehead atoms. The fourth-order valence-corrected chi connectivity index (χ4v) is 4.68. The molecular weight excluding hydrogens is 473 g/mol. The molecule has 37 heavy (non-hydrogen) atoms. The Hall–Kier alpha value is -4.37. The Bertz CT molecular complexity index is 1460. The number of aromatic nitrogens is 2. The Labute approximate surface area is 212 Å². The van der Waals surface area contributed by atoms with Crippen LogP contribution in [-0.2, 0) is 16.0 Å². The molecule has 3 heterocycles. The fourth-order valence-electron chi connectivity index (χ4n) is 4.68. The SMILES string of the molecule is O=C1Cc2c(F)cccc2C(c2ccccc2)=NC1Nc1nnc(-c2ccccc2N2CCOCC2)o1. The summed E-state index contributed by atoms with van der Waals surface area (Å²) in [7, 11) is 0. The van der Waals surface area contributed by atoms with E-state index < -0.39 is 12.0 Å². The summed E-state index contributed by atoms with van der Waals surface area (Å²) in [6, 6.07) is 22.0. The van der Waals surface area contributed by atoms with Crippen LogP contribution in [0.3, 0.4) is 0 Å². The highest BCUT2D eigenvalue weighted by atomic mass is 19.1. The molecule has 0 amide bonds. The number of aliphatic imine (C=N–C) groups is 1. The minimum atomic E-state index is -1.02. The number of nitrogens with one attached hydrogen (secondary N) is 1. The molecule has 6 rings (SSSR count). The van der Waals surface area contributed by atoms with Crippen molar-refractivity contribution in [2.75, 3.05) is 36.5 Å². The lowest BCUT2D eigenvalue weighted by Gasteiger charge is -2.29. The number of nitrogens with zero attached hydrogens (tertiary/aromatic N) is 4. The zero-order chi connectivity index (χ0) is 25.2. The van der Waals surface area contributed by atoms with E-state index in [0.29, 0.717) is 35.9 Å². The van der Waals surface area contributed by atoms with Crippen molar-refractivity contribution in [3.8, 4) is 11.5 Å². The van der Waals surface area contributed by atoms with Gasteiger partial charge < -0.3 is 19.4 Å². The second-order valence-electron chi connectivity index (χ2n) is 8.83. The van der Waals surface area contributed by atoms with E-state index in [1.54, 1.807) is 12.1 Å². The van der Waals surface area contributed by atoms with Crippen molar-refractivity contribution in [1.82, 2.24) is 10.2 Å². The number of halogens is 1. The van der Waals surface area contributed by atoms with Crippen LogP contribution >= 0.6 is 0 Å². The van der Waals surface area contributed by atoms with Gasteiger partial charge in [0.2, 0.25) is 0 Å². The monoisotopic (exact) mass is 497 g/mol. The molecule has 2 aliphatic rings. The molecule has 1 atom stereocenters. The van der Waals surface area contributed by atoms with E-state index in [1.165, 1.54) is 6.07 Å². The van der Waals surface area contributed by atoms with Crippen LogP contribution in [0.5, 0.6) is 0 Å². The Morgan fingerprint density at radius 1 is 0.892 bits per heavy atom. The lowest BCUT2D eigenvalue weighted by molar-refractivity contribution is -0.119. The predicted molar refractivity (Wildman–Crippen MR) is 137 cm³/mol. The first-order valence-electron chi connectivity index (χ1n) is 12.1. The van der Waals surface area contributed by atoms with Crippen LogP contribution in [0.4, 0.5) is 16.1 Å². The van der Waals surface area contributed by atoms with Crippen molar-refractivity contribution in [3.63, 3.8) is 0 Å². The Balaban J connectivity index is 1.33. The van der Waals surface area contributed by atoms with Gasteiger partial charge in [-0.15, -0.1) is 5.10 Å². The third kappa shape index (κ3) is 4.61. The number of para-hydroxylation sites is 1. The van der Waals surface area contributed by atoms with Crippen molar-refractivity contribution < 1.29 is 18.3 Å². The number of Topliss-reactive ketones (excluding diaryl/α,β-unsaturated/α-hetero) is 1. The third-order valence-corrected chi connectivity index (χ3v) is 6.51. The summed E-state index contributed by atoms with van der Waals surface area (Å²) in [6.45, 7) is 2.83. The Morgan fingerprint density at radius 3 is 2.49 bits per heavy atom. The van der Waals surface area contributed by atoms with Crippen LogP contribution in [0.2, 0.25) is 0 Å². The number of carbonyl (C=O) groups excluding carboxylic acids is 1. The predicted octanol–water partition coefficient (Wildman–Crippen LogP) is 4.11. The molecule has 3 aromatic carbocycles. The summed E-state index contributed by atoms with van der Waals surface area (Å²) in [5, 5.41) is 11.3. The fraction of sp³-hybridized carbons (Fsp3) is 0.214. The van der Waals surface area contributed by atoms with Gasteiger partial charge in [-0.3, -0.25) is 9.79 Å². The first-order valence-corrected chi connectivity index (χ1v) is 12.1. The summed E-state index contributed by atoms with van der Waals surface area (Å²) < 4.78 is 26.2. The maximum atomic E-state index is 14.8. The molecule has 1 saturated heterocycles. The van der Waals surface area contributed by atoms with E-state index in [4.69, 9.17) is 14.1 Å². The molecule has 0 aliphatic carbocycles. The minimum Gasteiger partial charge on any atom is -0.403 e. The lowest BCUT2D eigenvalue weighted by atomic mass is 9.95. The molecule has 0 radical (unpaired) electrons. The van der Waals surface area contributed by atoms with Crippen LogP contribution in [0.1, 0.15) is 16.7 Å². The maximum Gasteiger partial charge on any atom is 0.317 e. The van der Waals surface area contributed by atoms with Gasteiger partial charge in [-0.05, 0) is 18.2 Å². The van der Waals surface area contributed by atoms with Gasteiger partial charge >= 0.3 is 6.01 Å². The number of hydrogen-bond donors (Lipinski definition) is 1. The average molecular weight is 498 g/mol. The minimum absolute atomic E-state index is 0.0627. The molecule has 8 nitrogen and oxygen atoms in total. The Kier molecular flexibility index (Phi) is 6.20. The second kappa shape index (κ2) is 9.94. The van der Waals surface area contributed by atoms with Gasteiger partial charge in [-0.2, -0.15) is 0 Å². The largest absolute Gasteiger partial charge is 0.403 e. The number of fused-ring (bicyclic) bond motifs is 1. The summed E-state index contributed by atoms with van der Waals surface area (Å²) >= 11 is 0. The number of hydrogen-bond acceptors (Lipinski definition) is 8. The zero-order valence-electron chi connectivity index (χ0n) is 19.9. The quantitative estimate of drug-likeness (QED) is 0.444. The van der Waals surface area contributed by atoms with Gasteiger partial charge in [0.15, 0.2) is 11.9 Å². The standard InChI is InChI=1S/C28H24FN5O3/c29-22-11-6-10-19-21(22)17-24(35)26(30-25(19)18-7-2-1-3-8-18)31-28-33-32-27(37-28)20-9-4-5-12-23(20)34-13-15-36-16-14-34/h1-12,26H,13-17H2,(H,31,33). The van der Waals surface area contributed by atoms with Gasteiger partial charge in [0.25, 0.3) is 5.89 Å². The summed E-state index contributed by atoms with van der Waals surface area (Å²) in [6.07, 6.45) is -1.13. The van der Waals surface area contributed by atoms with Crippen molar-refractivity contribution in [2.45, 2.75) is 12.6 Å². The average Bonchev–Trinajstić information content (AvgIpc) is 3.36. The van der Waals surface area contributed by atoms with Crippen molar-refractivity contribution >= 4 is 23.2 Å². The van der Waals surface area contributed by atoms with Gasteiger partial charge in [-0.25, -0.2) is 4.39 Å². The van der Waals surface area contributed by atoms with E-state index in [2.05, 4.69) is 20.4 Å². The number of ether oxygens (including phenoxy) is 1. The molecule has 1 fully saturated rings. The molecule has 4 aromatic rings. The van der Waals surface area contributed by atoms with Gasteiger partial charge in [0.05, 0.1) is 24.5 Å². The molecule has 186 valence electrons. The van der Waals surface area contributed by atoms with E-state index in [-0.39, 0.29) is 18.2 Å². The number of rotatable bonds is 5. The lowest BCUT2D eigenvalue weighted by Crippen LogP contribution is -2.36. The summed E-state index contributed by atoms with van der Waals surface area (Å²) in [5.74, 6) is -0.409. The first-order chi connectivity index (χ1) is 18.2. The number of anilines is 2. The van der Waals surface area contributed by atoms with Crippen LogP contribution in [0.25, 0.3) is 11.5 Å². The van der Waals surface area contributed by atoms with Crippen molar-refractivity contribution in [1.29, 1.82) is 0 Å². The van der Waals surface area contributed by atoms with E-state index in [0.717, 1.165) is 29.9 Å². The normalized spacial score (nSPS) is 17.6. The summed E-state index contributed by atoms with van der Waals surface area (Å²) in [4.78, 5) is 20.1. The maximum absolute atomic E-state index is 14.8. The van der Waals surface area contributed by atoms with Crippen molar-refractivity contribution in [2.24, 2.45) is 4.99 Å². The topological polar surface area (TPSA) is 92.9 Å². The number of morpholine rings is 1. The molecular formula is C28H24FN5O3. The number of benzene rings is 3. The molecule has 1 aromatic heterocycles. The third-order valence-electron chi connectivity index (χ3n) is 6.51. The van der Waals surface area contributed by atoms with E-state index >= 15 is 0 Å². The number of ketones is 1. The van der Waals surface area contributed by atoms with E-state index in [9.17, 15) is 9.18 Å². The second-order valence-corrected chi connectivity index (χ2v) is 8.83. The zero-order valence-corrected chi connectivity index (χ0v) is 19.9. The van der Waals surface area contributed by atoms with Gasteiger partial charge in [-0.1, -0.05) is 59.7 Å². The smallest absolute Gasteiger partial charge is 0.317 e. The molecule has 1 N–H and O–H groups in total. The molecule has 0 spiro atoms. The molecule has 1 unspecified atom stereocenters. The molecule has 0 saturated carbocycles. The highest BCUT2D eigenvalue weighted by Gasteiger charge is 2.29. The van der Waals surface area contributed by atoms with Crippen molar-refractivity contribution in [3.05, 3.63) is 95.3 Å².